The van der Waals surface area contributed by atoms with Gasteiger partial charge in [-0.05, 0) is 100 Å². The van der Waals surface area contributed by atoms with E-state index in [0.717, 1.165) is 46.5 Å². The van der Waals surface area contributed by atoms with Crippen LogP contribution in [-0.2, 0) is 23.2 Å². The lowest BCUT2D eigenvalue weighted by molar-refractivity contribution is -0.136. The van der Waals surface area contributed by atoms with Crippen molar-refractivity contribution < 1.29 is 14.7 Å². The van der Waals surface area contributed by atoms with Crippen LogP contribution in [0.15, 0.2) is 91.0 Å². The first kappa shape index (κ1) is 32.8. The Balaban J connectivity index is 1.25. The number of aryl methyl sites for hydroxylation is 1. The van der Waals surface area contributed by atoms with Gasteiger partial charge < -0.3 is 15.0 Å². The van der Waals surface area contributed by atoms with Gasteiger partial charge in [-0.25, -0.2) is 4.98 Å². The van der Waals surface area contributed by atoms with Crippen molar-refractivity contribution in [3.05, 3.63) is 113 Å². The van der Waals surface area contributed by atoms with Gasteiger partial charge in [-0.15, -0.1) is 0 Å². The summed E-state index contributed by atoms with van der Waals surface area (Å²) in [5.41, 5.74) is 10.4. The van der Waals surface area contributed by atoms with Gasteiger partial charge in [0.2, 0.25) is 0 Å². The number of carbonyl (C=O) groups is 2. The number of hydrogen-bond acceptors (Lipinski definition) is 3. The van der Waals surface area contributed by atoms with Crippen LogP contribution in [0, 0.1) is 11.3 Å². The maximum absolute atomic E-state index is 12.8. The van der Waals surface area contributed by atoms with Crippen molar-refractivity contribution in [3.63, 3.8) is 0 Å². The summed E-state index contributed by atoms with van der Waals surface area (Å²) in [7, 11) is 0. The van der Waals surface area contributed by atoms with Gasteiger partial charge >= 0.3 is 5.97 Å². The minimum Gasteiger partial charge on any atom is -0.481 e. The van der Waals surface area contributed by atoms with Crippen LogP contribution in [-0.4, -0.2) is 33.1 Å². The molecule has 1 aromatic heterocycles. The highest BCUT2D eigenvalue weighted by Crippen LogP contribution is 2.58. The number of fused-ring (bicyclic) bond motifs is 4. The molecule has 4 aromatic carbocycles. The van der Waals surface area contributed by atoms with Crippen molar-refractivity contribution in [2.24, 2.45) is 11.3 Å². The SMILES string of the molecule is CC(C)c1ccc2c(c1)CC[C@H]1[C@@](C)(Cn3c(-c4ccccc4)nc4cc(-c5cccc(C(=O)NCCC(=O)O)c5)ccc43)CCC[C@]21C. The molecule has 0 unspecified atom stereocenters. The summed E-state index contributed by atoms with van der Waals surface area (Å²) in [6.07, 6.45) is 5.88. The topological polar surface area (TPSA) is 84.2 Å². The maximum atomic E-state index is 12.8. The highest BCUT2D eigenvalue weighted by molar-refractivity contribution is 5.96. The van der Waals surface area contributed by atoms with Gasteiger partial charge in [0, 0.05) is 24.2 Å². The quantitative estimate of drug-likeness (QED) is 0.166. The maximum Gasteiger partial charge on any atom is 0.305 e. The lowest BCUT2D eigenvalue weighted by Gasteiger charge is -2.56. The van der Waals surface area contributed by atoms with E-state index >= 15 is 0 Å². The highest BCUT2D eigenvalue weighted by atomic mass is 16.4. The molecule has 0 aliphatic heterocycles. The van der Waals surface area contributed by atoms with Crippen molar-refractivity contribution in [1.29, 1.82) is 0 Å². The monoisotopic (exact) mass is 653 g/mol. The normalized spacial score (nSPS) is 21.7. The van der Waals surface area contributed by atoms with Crippen molar-refractivity contribution >= 4 is 22.9 Å². The van der Waals surface area contributed by atoms with E-state index < -0.39 is 5.97 Å². The molecule has 2 N–H and O–H groups in total. The second-order valence-corrected chi connectivity index (χ2v) is 15.2. The van der Waals surface area contributed by atoms with Gasteiger partial charge in [0.15, 0.2) is 0 Å². The number of rotatable bonds is 9. The molecule has 2 aliphatic rings. The van der Waals surface area contributed by atoms with E-state index in [1.54, 1.807) is 17.2 Å². The summed E-state index contributed by atoms with van der Waals surface area (Å²) in [5, 5.41) is 11.6. The molecular formula is C43H47N3O3. The Morgan fingerprint density at radius 1 is 0.918 bits per heavy atom. The van der Waals surface area contributed by atoms with E-state index in [9.17, 15) is 9.59 Å². The van der Waals surface area contributed by atoms with Crippen LogP contribution in [0.3, 0.4) is 0 Å². The van der Waals surface area contributed by atoms with Gasteiger partial charge in [0.05, 0.1) is 17.5 Å². The zero-order valence-electron chi connectivity index (χ0n) is 29.1. The van der Waals surface area contributed by atoms with Crippen LogP contribution in [0.5, 0.6) is 0 Å². The lowest BCUT2D eigenvalue weighted by atomic mass is 9.49. The minimum atomic E-state index is -0.938. The Labute approximate surface area is 289 Å². The van der Waals surface area contributed by atoms with Crippen molar-refractivity contribution in [1.82, 2.24) is 14.9 Å². The number of aromatic nitrogens is 2. The Bertz CT molecular complexity index is 2030. The van der Waals surface area contributed by atoms with E-state index in [1.807, 2.05) is 18.2 Å². The van der Waals surface area contributed by atoms with Crippen LogP contribution >= 0.6 is 0 Å². The Morgan fingerprint density at radius 2 is 1.69 bits per heavy atom. The molecule has 6 nitrogen and oxygen atoms in total. The summed E-state index contributed by atoms with van der Waals surface area (Å²) in [4.78, 5) is 29.0. The van der Waals surface area contributed by atoms with E-state index in [4.69, 9.17) is 10.1 Å². The number of nitrogens with zero attached hydrogens (tertiary/aromatic N) is 2. The van der Waals surface area contributed by atoms with Crippen LogP contribution in [0.2, 0.25) is 0 Å². The molecule has 7 rings (SSSR count). The predicted molar refractivity (Wildman–Crippen MR) is 197 cm³/mol. The minimum absolute atomic E-state index is 0.0918. The summed E-state index contributed by atoms with van der Waals surface area (Å²) >= 11 is 0. The third-order valence-corrected chi connectivity index (χ3v) is 11.6. The van der Waals surface area contributed by atoms with Crippen LogP contribution in [0.4, 0.5) is 0 Å². The molecule has 5 aromatic rings. The Kier molecular flexibility index (Phi) is 8.68. The predicted octanol–water partition coefficient (Wildman–Crippen LogP) is 9.41. The molecule has 1 heterocycles. The first-order chi connectivity index (χ1) is 23.6. The molecule has 3 atom stereocenters. The van der Waals surface area contributed by atoms with E-state index in [2.05, 4.69) is 104 Å². The average Bonchev–Trinajstić information content (AvgIpc) is 3.45. The van der Waals surface area contributed by atoms with Gasteiger partial charge in [-0.1, -0.05) is 101 Å². The van der Waals surface area contributed by atoms with E-state index in [-0.39, 0.29) is 29.7 Å². The lowest BCUT2D eigenvalue weighted by Crippen LogP contribution is -2.50. The van der Waals surface area contributed by atoms with Gasteiger partial charge in [0.25, 0.3) is 5.91 Å². The fourth-order valence-corrected chi connectivity index (χ4v) is 9.06. The number of amides is 1. The molecule has 49 heavy (non-hydrogen) atoms. The summed E-state index contributed by atoms with van der Waals surface area (Å²) in [6.45, 7) is 10.6. The standard InChI is InChI=1S/C43H47N3O3/c1-28(2)30-14-17-35-33(24-30)16-19-38-42(3,21-9-22-43(35,38)4)27-46-37-18-15-32(26-36(37)45-40(46)29-10-6-5-7-11-29)31-12-8-13-34(25-31)41(49)44-23-20-39(47)48/h5-8,10-15,17-18,24-26,28,38H,9,16,19-23,27H2,1-4H3,(H,44,49)(H,47,48)/t38-,42+,43+/m0/s1. The number of imidazole rings is 1. The van der Waals surface area contributed by atoms with Gasteiger partial charge in [0.1, 0.15) is 5.82 Å². The Morgan fingerprint density at radius 3 is 2.47 bits per heavy atom. The van der Waals surface area contributed by atoms with Gasteiger partial charge in [-0.3, -0.25) is 9.59 Å². The Hall–Kier alpha value is -4.71. The highest BCUT2D eigenvalue weighted by Gasteiger charge is 2.52. The third-order valence-electron chi connectivity index (χ3n) is 11.6. The second-order valence-electron chi connectivity index (χ2n) is 15.2. The smallest absolute Gasteiger partial charge is 0.305 e. The number of carboxylic acids is 1. The largest absolute Gasteiger partial charge is 0.481 e. The molecule has 1 amide bonds. The van der Waals surface area contributed by atoms with Crippen LogP contribution in [0.25, 0.3) is 33.5 Å². The first-order valence-electron chi connectivity index (χ1n) is 17.9. The van der Waals surface area contributed by atoms with Crippen molar-refractivity contribution in [2.45, 2.75) is 84.1 Å². The van der Waals surface area contributed by atoms with Crippen LogP contribution in [0.1, 0.15) is 92.8 Å². The molecule has 0 radical (unpaired) electrons. The molecule has 1 saturated carbocycles. The summed E-state index contributed by atoms with van der Waals surface area (Å²) in [6, 6.07) is 31.8. The number of hydrogen-bond donors (Lipinski definition) is 2. The molecule has 1 fully saturated rings. The molecule has 0 saturated heterocycles. The first-order valence-corrected chi connectivity index (χ1v) is 17.9. The molecule has 2 aliphatic carbocycles. The summed E-state index contributed by atoms with van der Waals surface area (Å²) < 4.78 is 2.48. The number of carbonyl (C=O) groups excluding carboxylic acids is 1. The zero-order chi connectivity index (χ0) is 34.3. The number of nitrogens with one attached hydrogen (secondary N) is 1. The van der Waals surface area contributed by atoms with Crippen molar-refractivity contribution in [2.75, 3.05) is 6.54 Å². The van der Waals surface area contributed by atoms with Crippen LogP contribution < -0.4 is 5.32 Å². The molecular weight excluding hydrogens is 606 g/mol. The molecule has 0 bridgehead atoms. The third kappa shape index (κ3) is 6.18. The number of carboxylic acid groups (broad SMARTS) is 1. The fourth-order valence-electron chi connectivity index (χ4n) is 9.06. The van der Waals surface area contributed by atoms with Gasteiger partial charge in [-0.2, -0.15) is 0 Å². The van der Waals surface area contributed by atoms with E-state index in [0.29, 0.717) is 17.4 Å². The second kappa shape index (κ2) is 13.0. The molecule has 252 valence electrons. The fraction of sp³-hybridized carbons (Fsp3) is 0.372. The zero-order valence-corrected chi connectivity index (χ0v) is 29.1. The summed E-state index contributed by atoms with van der Waals surface area (Å²) in [5.74, 6) is 0.880. The molecule has 6 heteroatoms. The average molecular weight is 654 g/mol. The van der Waals surface area contributed by atoms with Crippen molar-refractivity contribution in [3.8, 4) is 22.5 Å². The van der Waals surface area contributed by atoms with E-state index in [1.165, 1.54) is 31.2 Å². The number of benzene rings is 4. The molecule has 0 spiro atoms. The number of aliphatic carboxylic acids is 1.